The zero-order chi connectivity index (χ0) is 52.7. The van der Waals surface area contributed by atoms with Gasteiger partial charge in [0.15, 0.2) is 11.2 Å². The largest absolute Gasteiger partial charge is 0.436 e. The van der Waals surface area contributed by atoms with Gasteiger partial charge in [-0.1, -0.05) is 154 Å². The molecule has 6 aromatic rings. The van der Waals surface area contributed by atoms with Crippen LogP contribution in [0.5, 0.6) is 0 Å². The molecule has 0 N–H and O–H groups in total. The van der Waals surface area contributed by atoms with E-state index in [0.717, 1.165) is 44.9 Å². The van der Waals surface area contributed by atoms with Crippen LogP contribution in [0.3, 0.4) is 0 Å². The molecule has 1 aliphatic rings. The van der Waals surface area contributed by atoms with Crippen LogP contribution in [0.25, 0.3) is 45.1 Å². The van der Waals surface area contributed by atoms with Gasteiger partial charge in [0.1, 0.15) is 11.0 Å². The number of unbranched alkanes of at least 4 members (excludes halogenated alkanes) is 1. The number of carbonyl (C=O) groups excluding carboxylic acids is 4. The van der Waals surface area contributed by atoms with Gasteiger partial charge in [0.25, 0.3) is 0 Å². The van der Waals surface area contributed by atoms with Gasteiger partial charge < -0.3 is 18.3 Å². The highest BCUT2D eigenvalue weighted by Gasteiger charge is 2.30. The molecule has 1 fully saturated rings. The van der Waals surface area contributed by atoms with Crippen molar-refractivity contribution >= 4 is 114 Å². The van der Waals surface area contributed by atoms with E-state index in [1.54, 1.807) is 60.7 Å². The molecular weight excluding hydrogens is 1060 g/mol. The van der Waals surface area contributed by atoms with Gasteiger partial charge >= 0.3 is 23.9 Å². The number of aromatic nitrogens is 2. The number of esters is 4. The number of halogens is 4. The normalized spacial score (nSPS) is 14.9. The highest BCUT2D eigenvalue weighted by molar-refractivity contribution is 8.77. The molecule has 1 saturated heterocycles. The van der Waals surface area contributed by atoms with Crippen LogP contribution in [-0.4, -0.2) is 44.3 Å². The Labute approximate surface area is 459 Å². The second-order valence-electron chi connectivity index (χ2n) is 17.2. The van der Waals surface area contributed by atoms with E-state index in [2.05, 4.69) is 78.5 Å². The van der Waals surface area contributed by atoms with Crippen LogP contribution in [0.4, 0.5) is 0 Å². The van der Waals surface area contributed by atoms with E-state index in [1.807, 2.05) is 33.7 Å². The van der Waals surface area contributed by atoms with E-state index >= 15 is 0 Å². The average molecular weight is 1120 g/mol. The van der Waals surface area contributed by atoms with Crippen molar-refractivity contribution in [1.82, 2.24) is 9.97 Å². The Bertz CT molecular complexity index is 3030. The number of nitrogens with zero attached hydrogens (tertiary/aromatic N) is 2. The standard InChI is InChI=1S/C35H35Cl2NO4.C23H21Cl2NO4S2/c1-2-3-4-5-6-7-8-9-10-11-12-13-14-15-16-17-18-19-20-33(39)42-35(40)27-21-22-31-32(25-27)41-34(38-31)28-23-29(36)26-30(37)24-28;1-23(8-9-31-32-23)7-3-2-4-20(27)30-22(28)14-5-6-18-19(12-14)29-21(26-18)15-10-16(24)13-17(25)11-15/h3-4,6-7,9-10,12-13,15-16,18-19,21-26H,2,5,8,11,14,17,20H2,1H3;5-6,10-13H,2-4,7-9H2,1H3/b4-3-,7-6-,10-9-,13-12-,16-15-,19-18-;/t;23-/m.1/s1. The number of allylic oxidation sites excluding steroid dienone is 11. The van der Waals surface area contributed by atoms with Crippen LogP contribution in [-0.2, 0) is 19.1 Å². The summed E-state index contributed by atoms with van der Waals surface area (Å²) in [6, 6.07) is 19.4. The predicted molar refractivity (Wildman–Crippen MR) is 304 cm³/mol. The molecule has 1 atom stereocenters. The molecule has 0 bridgehead atoms. The van der Waals surface area contributed by atoms with Crippen LogP contribution in [0.15, 0.2) is 155 Å². The van der Waals surface area contributed by atoms with Gasteiger partial charge in [-0.05, 0) is 138 Å². The average Bonchev–Trinajstić information content (AvgIpc) is 4.13. The number of ether oxygens (including phenoxy) is 2. The summed E-state index contributed by atoms with van der Waals surface area (Å²) < 4.78 is 21.8. The van der Waals surface area contributed by atoms with Crippen molar-refractivity contribution in [1.29, 1.82) is 0 Å². The minimum atomic E-state index is -0.753. The monoisotopic (exact) mass is 1110 g/mol. The SMILES string of the molecule is CC/C=C\C/C=C\C/C=C\C/C=C\C/C=C\C/C=C\CC(=O)OC(=O)c1ccc2nc(-c3cc(Cl)cc(Cl)c3)oc2c1.C[C@@]1(CCCCC(=O)OC(=O)c2ccc3nc(-c4cc(Cl)cc(Cl)c4)oc3c2)CCSS1. The quantitative estimate of drug-likeness (QED) is 0.0210. The number of hydrogen-bond donors (Lipinski definition) is 0. The summed E-state index contributed by atoms with van der Waals surface area (Å²) in [6.45, 7) is 4.41. The number of benzene rings is 4. The van der Waals surface area contributed by atoms with Gasteiger partial charge in [-0.25, -0.2) is 19.6 Å². The highest BCUT2D eigenvalue weighted by atomic mass is 35.5. The molecule has 74 heavy (non-hydrogen) atoms. The molecule has 2 aromatic heterocycles. The van der Waals surface area contributed by atoms with Crippen LogP contribution in [0.1, 0.15) is 112 Å². The molecule has 0 amide bonds. The fourth-order valence-corrected chi connectivity index (χ4v) is 11.6. The van der Waals surface area contributed by atoms with Gasteiger partial charge in [0, 0.05) is 48.1 Å². The molecule has 10 nitrogen and oxygen atoms in total. The van der Waals surface area contributed by atoms with Crippen molar-refractivity contribution in [3.63, 3.8) is 0 Å². The van der Waals surface area contributed by atoms with E-state index < -0.39 is 23.9 Å². The summed E-state index contributed by atoms with van der Waals surface area (Å²) in [6.07, 6.45) is 34.7. The summed E-state index contributed by atoms with van der Waals surface area (Å²) in [5.41, 5.74) is 3.53. The van der Waals surface area contributed by atoms with Crippen molar-refractivity contribution in [2.75, 3.05) is 5.75 Å². The van der Waals surface area contributed by atoms with Crippen LogP contribution in [0.2, 0.25) is 20.1 Å². The van der Waals surface area contributed by atoms with Gasteiger partial charge in [0.2, 0.25) is 11.8 Å². The molecule has 0 spiro atoms. The molecule has 1 aliphatic heterocycles. The summed E-state index contributed by atoms with van der Waals surface area (Å²) in [5.74, 6) is -0.770. The lowest BCUT2D eigenvalue weighted by Crippen LogP contribution is -2.16. The van der Waals surface area contributed by atoms with Crippen LogP contribution >= 0.6 is 68.0 Å². The zero-order valence-corrected chi connectivity index (χ0v) is 45.7. The Morgan fingerprint density at radius 2 is 1.01 bits per heavy atom. The summed E-state index contributed by atoms with van der Waals surface area (Å²) >= 11 is 24.2. The summed E-state index contributed by atoms with van der Waals surface area (Å²) in [4.78, 5) is 57.9. The number of carbonyl (C=O) groups is 4. The van der Waals surface area contributed by atoms with Gasteiger partial charge in [0.05, 0.1) is 17.5 Å². The maximum Gasteiger partial charge on any atom is 0.345 e. The fourth-order valence-electron chi connectivity index (χ4n) is 7.24. The summed E-state index contributed by atoms with van der Waals surface area (Å²) in [7, 11) is 3.84. The lowest BCUT2D eigenvalue weighted by Gasteiger charge is -2.20. The van der Waals surface area contributed by atoms with E-state index in [4.69, 9.17) is 64.7 Å². The van der Waals surface area contributed by atoms with Gasteiger partial charge in [-0.15, -0.1) is 0 Å². The first-order valence-electron chi connectivity index (χ1n) is 24.2. The fraction of sp³-hybridized carbons (Fsp3) is 0.276. The first kappa shape index (κ1) is 57.7. The number of fused-ring (bicyclic) bond motifs is 2. The highest BCUT2D eigenvalue weighted by Crippen LogP contribution is 2.49. The molecule has 386 valence electrons. The number of oxazole rings is 2. The lowest BCUT2D eigenvalue weighted by atomic mass is 9.99. The zero-order valence-electron chi connectivity index (χ0n) is 41.0. The maximum absolute atomic E-state index is 12.5. The van der Waals surface area contributed by atoms with E-state index in [0.29, 0.717) is 82.8 Å². The Balaban J connectivity index is 0.000000249. The number of rotatable bonds is 22. The Kier molecular flexibility index (Phi) is 23.4. The van der Waals surface area contributed by atoms with Crippen LogP contribution < -0.4 is 0 Å². The second kappa shape index (κ2) is 30.1. The van der Waals surface area contributed by atoms with Crippen molar-refractivity contribution in [2.24, 2.45) is 0 Å². The van der Waals surface area contributed by atoms with Crippen molar-refractivity contribution in [3.05, 3.63) is 177 Å². The molecular formula is C58H56Cl4N2O8S2. The van der Waals surface area contributed by atoms with Gasteiger partial charge in [-0.2, -0.15) is 0 Å². The first-order valence-corrected chi connectivity index (χ1v) is 28.1. The van der Waals surface area contributed by atoms with E-state index in [9.17, 15) is 19.2 Å². The topological polar surface area (TPSA) is 139 Å². The molecule has 0 saturated carbocycles. The van der Waals surface area contributed by atoms with Crippen molar-refractivity contribution in [2.45, 2.75) is 95.6 Å². The molecule has 0 aliphatic carbocycles. The van der Waals surface area contributed by atoms with E-state index in [-0.39, 0.29) is 24.0 Å². The smallest absolute Gasteiger partial charge is 0.345 e. The maximum atomic E-state index is 12.5. The minimum Gasteiger partial charge on any atom is -0.436 e. The third-order valence-electron chi connectivity index (χ3n) is 11.1. The Hall–Kier alpha value is -5.60. The molecule has 0 radical (unpaired) electrons. The summed E-state index contributed by atoms with van der Waals surface area (Å²) in [5, 5.41) is 1.84. The minimum absolute atomic E-state index is 0.000667. The van der Waals surface area contributed by atoms with Crippen LogP contribution in [0, 0.1) is 0 Å². The Morgan fingerprint density at radius 1 is 0.581 bits per heavy atom. The van der Waals surface area contributed by atoms with Gasteiger partial charge in [-0.3, -0.25) is 9.59 Å². The molecule has 3 heterocycles. The third-order valence-corrected chi connectivity index (χ3v) is 15.3. The predicted octanol–water partition coefficient (Wildman–Crippen LogP) is 18.2. The van der Waals surface area contributed by atoms with Crippen molar-refractivity contribution in [3.8, 4) is 22.9 Å². The lowest BCUT2D eigenvalue weighted by molar-refractivity contribution is -0.138. The number of hydrogen-bond acceptors (Lipinski definition) is 12. The molecule has 7 rings (SSSR count). The van der Waals surface area contributed by atoms with E-state index in [1.165, 1.54) is 30.4 Å². The second-order valence-corrected chi connectivity index (χ2v) is 21.9. The first-order chi connectivity index (χ1) is 35.8. The van der Waals surface area contributed by atoms with Crippen molar-refractivity contribution < 1.29 is 37.5 Å². The molecule has 4 aromatic carbocycles. The molecule has 16 heteroatoms. The Morgan fingerprint density at radius 3 is 1.45 bits per heavy atom. The molecule has 0 unspecified atom stereocenters. The third kappa shape index (κ3) is 19.3.